The zero-order valence-corrected chi connectivity index (χ0v) is 17.7. The maximum absolute atomic E-state index is 12.9. The minimum absolute atomic E-state index is 0.0380. The maximum atomic E-state index is 12.9. The van der Waals surface area contributed by atoms with E-state index >= 15 is 0 Å². The van der Waals surface area contributed by atoms with Gasteiger partial charge in [0, 0.05) is 0 Å². The van der Waals surface area contributed by atoms with Crippen LogP contribution < -0.4 is 5.32 Å². The number of nitrogens with one attached hydrogen (secondary N) is 1. The van der Waals surface area contributed by atoms with Crippen LogP contribution in [0, 0.1) is 0 Å². The van der Waals surface area contributed by atoms with Gasteiger partial charge in [-0.3, -0.25) is 4.79 Å². The average molecular weight is 414 g/mol. The van der Waals surface area contributed by atoms with Gasteiger partial charge in [-0.05, 0) is 60.9 Å². The summed E-state index contributed by atoms with van der Waals surface area (Å²) in [5.41, 5.74) is 4.93. The lowest BCUT2D eigenvalue weighted by atomic mass is 9.87. The molecule has 0 fully saturated rings. The van der Waals surface area contributed by atoms with Crippen LogP contribution in [-0.2, 0) is 22.4 Å². The molecule has 3 aromatic rings. The Labute approximate surface area is 183 Å². The zero-order chi connectivity index (χ0) is 21.6. The summed E-state index contributed by atoms with van der Waals surface area (Å²) in [5, 5.41) is 3.07. The first-order chi connectivity index (χ1) is 15.1. The van der Waals surface area contributed by atoms with Gasteiger partial charge >= 0.3 is 5.97 Å². The summed E-state index contributed by atoms with van der Waals surface area (Å²) in [6, 6.07) is 25.5. The Bertz CT molecular complexity index is 1060. The van der Waals surface area contributed by atoms with Crippen molar-refractivity contribution in [1.29, 1.82) is 0 Å². The fraction of sp³-hybridized carbons (Fsp3) is 0.259. The molecule has 2 atom stereocenters. The molecule has 1 N–H and O–H groups in total. The molecule has 0 saturated heterocycles. The highest BCUT2D eigenvalue weighted by molar-refractivity contribution is 5.93. The van der Waals surface area contributed by atoms with Crippen molar-refractivity contribution in [3.05, 3.63) is 107 Å². The average Bonchev–Trinajstić information content (AvgIpc) is 2.80. The molecule has 0 unspecified atom stereocenters. The molecule has 0 aromatic heterocycles. The van der Waals surface area contributed by atoms with E-state index in [4.69, 9.17) is 4.74 Å². The quantitative estimate of drug-likeness (QED) is 0.578. The molecule has 0 saturated carbocycles. The number of carbonyl (C=O) groups excluding carboxylic acids is 2. The van der Waals surface area contributed by atoms with Gasteiger partial charge in [-0.1, -0.05) is 72.8 Å². The van der Waals surface area contributed by atoms with Crippen molar-refractivity contribution in [2.45, 2.75) is 44.8 Å². The third-order valence-corrected chi connectivity index (χ3v) is 5.81. The van der Waals surface area contributed by atoms with Gasteiger partial charge in [0.15, 0.2) is 6.10 Å². The molecule has 31 heavy (non-hydrogen) atoms. The van der Waals surface area contributed by atoms with E-state index in [1.807, 2.05) is 60.7 Å². The van der Waals surface area contributed by atoms with Gasteiger partial charge < -0.3 is 10.1 Å². The zero-order valence-electron chi connectivity index (χ0n) is 17.7. The number of hydrogen-bond acceptors (Lipinski definition) is 3. The number of carbonyl (C=O) groups is 2. The molecule has 4 rings (SSSR count). The number of rotatable bonds is 6. The molecular weight excluding hydrogens is 386 g/mol. The molecule has 0 bridgehead atoms. The van der Waals surface area contributed by atoms with E-state index in [2.05, 4.69) is 17.4 Å². The molecular formula is C27H27NO3. The van der Waals surface area contributed by atoms with E-state index in [1.165, 1.54) is 5.56 Å². The molecule has 1 amide bonds. The van der Waals surface area contributed by atoms with E-state index in [1.54, 1.807) is 13.0 Å². The SMILES string of the molecule is C[C@H](OC(=O)c1ccccc1Cc1ccccc1)C(=O)N[C@H]1CCCc2ccccc21. The van der Waals surface area contributed by atoms with Crippen LogP contribution in [0.1, 0.15) is 58.4 Å². The normalized spacial score (nSPS) is 16.1. The van der Waals surface area contributed by atoms with Crippen LogP contribution >= 0.6 is 0 Å². The number of aryl methyl sites for hydroxylation is 1. The second-order valence-corrected chi connectivity index (χ2v) is 8.02. The van der Waals surface area contributed by atoms with E-state index < -0.39 is 12.1 Å². The fourth-order valence-electron chi connectivity index (χ4n) is 4.16. The number of esters is 1. The van der Waals surface area contributed by atoms with Crippen molar-refractivity contribution in [2.75, 3.05) is 0 Å². The van der Waals surface area contributed by atoms with Crippen molar-refractivity contribution in [3.63, 3.8) is 0 Å². The Morgan fingerprint density at radius 3 is 2.52 bits per heavy atom. The second kappa shape index (κ2) is 9.61. The Hall–Kier alpha value is -3.40. The Balaban J connectivity index is 1.42. The lowest BCUT2D eigenvalue weighted by Crippen LogP contribution is -2.39. The lowest BCUT2D eigenvalue weighted by Gasteiger charge is -2.27. The van der Waals surface area contributed by atoms with Crippen molar-refractivity contribution in [2.24, 2.45) is 0 Å². The number of benzene rings is 3. The number of fused-ring (bicyclic) bond motifs is 1. The fourth-order valence-corrected chi connectivity index (χ4v) is 4.16. The topological polar surface area (TPSA) is 55.4 Å². The standard InChI is InChI=1S/C27H27NO3/c1-19(26(29)28-25-17-9-14-21-12-5-7-15-23(21)25)31-27(30)24-16-8-6-13-22(24)18-20-10-3-2-4-11-20/h2-8,10-13,15-16,19,25H,9,14,17-18H2,1H3,(H,28,29)/t19-,25-/m0/s1. The predicted octanol–water partition coefficient (Wildman–Crippen LogP) is 5.02. The molecule has 0 spiro atoms. The highest BCUT2D eigenvalue weighted by Gasteiger charge is 2.26. The molecule has 0 radical (unpaired) electrons. The van der Waals surface area contributed by atoms with Crippen LogP contribution in [0.25, 0.3) is 0 Å². The van der Waals surface area contributed by atoms with Crippen LogP contribution in [0.2, 0.25) is 0 Å². The van der Waals surface area contributed by atoms with E-state index in [9.17, 15) is 9.59 Å². The van der Waals surface area contributed by atoms with Gasteiger partial charge in [-0.15, -0.1) is 0 Å². The van der Waals surface area contributed by atoms with Gasteiger partial charge in [-0.2, -0.15) is 0 Å². The van der Waals surface area contributed by atoms with Crippen molar-refractivity contribution in [1.82, 2.24) is 5.32 Å². The number of hydrogen-bond donors (Lipinski definition) is 1. The molecule has 3 aromatic carbocycles. The first-order valence-corrected chi connectivity index (χ1v) is 10.8. The minimum atomic E-state index is -0.869. The van der Waals surface area contributed by atoms with Crippen LogP contribution in [-0.4, -0.2) is 18.0 Å². The third kappa shape index (κ3) is 5.02. The summed E-state index contributed by atoms with van der Waals surface area (Å²) in [6.45, 7) is 1.63. The highest BCUT2D eigenvalue weighted by atomic mass is 16.5. The second-order valence-electron chi connectivity index (χ2n) is 8.02. The maximum Gasteiger partial charge on any atom is 0.339 e. The molecule has 0 aliphatic heterocycles. The van der Waals surface area contributed by atoms with Crippen molar-refractivity contribution < 1.29 is 14.3 Å². The van der Waals surface area contributed by atoms with Gasteiger partial charge in [-0.25, -0.2) is 4.79 Å². The summed E-state index contributed by atoms with van der Waals surface area (Å²) in [4.78, 5) is 25.6. The van der Waals surface area contributed by atoms with Crippen LogP contribution in [0.15, 0.2) is 78.9 Å². The lowest BCUT2D eigenvalue weighted by molar-refractivity contribution is -0.130. The number of ether oxygens (including phenoxy) is 1. The summed E-state index contributed by atoms with van der Waals surface area (Å²) in [7, 11) is 0. The largest absolute Gasteiger partial charge is 0.449 e. The Morgan fingerprint density at radius 1 is 0.968 bits per heavy atom. The van der Waals surface area contributed by atoms with E-state index in [0.717, 1.165) is 36.0 Å². The number of amides is 1. The predicted molar refractivity (Wildman–Crippen MR) is 121 cm³/mol. The Morgan fingerprint density at radius 2 is 1.68 bits per heavy atom. The Kier molecular flexibility index (Phi) is 6.46. The van der Waals surface area contributed by atoms with Gasteiger partial charge in [0.2, 0.25) is 0 Å². The molecule has 158 valence electrons. The smallest absolute Gasteiger partial charge is 0.339 e. The highest BCUT2D eigenvalue weighted by Crippen LogP contribution is 2.29. The monoisotopic (exact) mass is 413 g/mol. The first kappa shape index (κ1) is 20.9. The van der Waals surface area contributed by atoms with E-state index in [-0.39, 0.29) is 11.9 Å². The van der Waals surface area contributed by atoms with Gasteiger partial charge in [0.05, 0.1) is 11.6 Å². The van der Waals surface area contributed by atoms with Crippen LogP contribution in [0.3, 0.4) is 0 Å². The molecule has 0 heterocycles. The third-order valence-electron chi connectivity index (χ3n) is 5.81. The van der Waals surface area contributed by atoms with Gasteiger partial charge in [0.1, 0.15) is 0 Å². The van der Waals surface area contributed by atoms with Crippen molar-refractivity contribution >= 4 is 11.9 Å². The summed E-state index contributed by atoms with van der Waals surface area (Å²) < 4.78 is 5.56. The minimum Gasteiger partial charge on any atom is -0.449 e. The summed E-state index contributed by atoms with van der Waals surface area (Å²) >= 11 is 0. The van der Waals surface area contributed by atoms with E-state index in [0.29, 0.717) is 12.0 Å². The summed E-state index contributed by atoms with van der Waals surface area (Å²) in [6.07, 6.45) is 2.72. The molecule has 1 aliphatic rings. The van der Waals surface area contributed by atoms with Crippen LogP contribution in [0.5, 0.6) is 0 Å². The molecule has 1 aliphatic carbocycles. The van der Waals surface area contributed by atoms with Crippen molar-refractivity contribution in [3.8, 4) is 0 Å². The van der Waals surface area contributed by atoms with Gasteiger partial charge in [0.25, 0.3) is 5.91 Å². The summed E-state index contributed by atoms with van der Waals surface area (Å²) in [5.74, 6) is -0.742. The molecule has 4 heteroatoms. The first-order valence-electron chi connectivity index (χ1n) is 10.8. The van der Waals surface area contributed by atoms with Crippen LogP contribution in [0.4, 0.5) is 0 Å². The molecule has 4 nitrogen and oxygen atoms in total.